The number of nitrogens with one attached hydrogen (secondary N) is 1. The summed E-state index contributed by atoms with van der Waals surface area (Å²) in [6.45, 7) is 1.85. The monoisotopic (exact) mass is 318 g/mol. The van der Waals surface area contributed by atoms with Crippen molar-refractivity contribution in [2.45, 2.75) is 13.3 Å². The summed E-state index contributed by atoms with van der Waals surface area (Å²) in [4.78, 5) is 12.7. The van der Waals surface area contributed by atoms with Crippen molar-refractivity contribution in [2.24, 2.45) is 5.73 Å². The number of hydrogen-bond acceptors (Lipinski definition) is 2. The Morgan fingerprint density at radius 1 is 1.24 bits per heavy atom. The van der Waals surface area contributed by atoms with Gasteiger partial charge < -0.3 is 11.1 Å². The zero-order valence-corrected chi connectivity index (χ0v) is 13.1. The molecule has 2 aromatic rings. The zero-order chi connectivity index (χ0) is 15.4. The highest BCUT2D eigenvalue weighted by Crippen LogP contribution is 2.17. The van der Waals surface area contributed by atoms with E-state index in [0.29, 0.717) is 22.0 Å². The van der Waals surface area contributed by atoms with E-state index in [0.717, 1.165) is 16.8 Å². The Bertz CT molecular complexity index is 683. The normalized spacial score (nSPS) is 10.2. The maximum absolute atomic E-state index is 12.2. The molecule has 0 aliphatic heterocycles. The molecule has 108 valence electrons. The number of halogens is 1. The molecule has 2 rings (SSSR count). The average Bonchev–Trinajstić information content (AvgIpc) is 2.40. The standard InChI is InChI=1S/C16H15ClN2OS/c1-10-8-12(17)4-7-14(10)16(20)19-13-5-2-11(3-6-13)9-15(18)21/h2-8H,9H2,1H3,(H2,18,21)(H,19,20). The van der Waals surface area contributed by atoms with Crippen molar-refractivity contribution < 1.29 is 4.79 Å². The van der Waals surface area contributed by atoms with E-state index in [1.165, 1.54) is 0 Å². The lowest BCUT2D eigenvalue weighted by Gasteiger charge is -2.09. The summed E-state index contributed by atoms with van der Waals surface area (Å²) >= 11 is 10.8. The van der Waals surface area contributed by atoms with Crippen molar-refractivity contribution in [1.82, 2.24) is 0 Å². The van der Waals surface area contributed by atoms with Crippen molar-refractivity contribution in [2.75, 3.05) is 5.32 Å². The number of hydrogen-bond donors (Lipinski definition) is 2. The number of benzene rings is 2. The highest BCUT2D eigenvalue weighted by molar-refractivity contribution is 7.80. The van der Waals surface area contributed by atoms with Gasteiger partial charge >= 0.3 is 0 Å². The third kappa shape index (κ3) is 4.28. The van der Waals surface area contributed by atoms with Crippen LogP contribution in [0, 0.1) is 6.92 Å². The van der Waals surface area contributed by atoms with Crippen LogP contribution in [0.25, 0.3) is 0 Å². The molecule has 0 unspecified atom stereocenters. The summed E-state index contributed by atoms with van der Waals surface area (Å²) < 4.78 is 0. The molecule has 0 atom stereocenters. The second-order valence-corrected chi connectivity index (χ2v) is 5.71. The number of carbonyl (C=O) groups is 1. The van der Waals surface area contributed by atoms with Gasteiger partial charge in [-0.3, -0.25) is 4.79 Å². The summed E-state index contributed by atoms with van der Waals surface area (Å²) in [6.07, 6.45) is 0.555. The second kappa shape index (κ2) is 6.70. The summed E-state index contributed by atoms with van der Waals surface area (Å²) in [5.74, 6) is -0.161. The third-order valence-electron chi connectivity index (χ3n) is 3.02. The van der Waals surface area contributed by atoms with E-state index in [9.17, 15) is 4.79 Å². The Balaban J connectivity index is 2.10. The SMILES string of the molecule is Cc1cc(Cl)ccc1C(=O)Nc1ccc(CC(N)=S)cc1. The lowest BCUT2D eigenvalue weighted by atomic mass is 10.1. The van der Waals surface area contributed by atoms with Crippen LogP contribution in [0.2, 0.25) is 5.02 Å². The van der Waals surface area contributed by atoms with Crippen molar-refractivity contribution in [3.05, 3.63) is 64.2 Å². The average molecular weight is 319 g/mol. The molecule has 0 radical (unpaired) electrons. The van der Waals surface area contributed by atoms with Gasteiger partial charge in [0.1, 0.15) is 0 Å². The van der Waals surface area contributed by atoms with E-state index < -0.39 is 0 Å². The minimum atomic E-state index is -0.161. The molecular formula is C16H15ClN2OS. The number of thiocarbonyl (C=S) groups is 1. The molecule has 0 aliphatic rings. The van der Waals surface area contributed by atoms with E-state index >= 15 is 0 Å². The Morgan fingerprint density at radius 3 is 2.48 bits per heavy atom. The minimum Gasteiger partial charge on any atom is -0.393 e. The first-order valence-electron chi connectivity index (χ1n) is 6.40. The summed E-state index contributed by atoms with van der Waals surface area (Å²) in [5.41, 5.74) is 8.68. The van der Waals surface area contributed by atoms with Gasteiger partial charge in [0.05, 0.1) is 4.99 Å². The highest BCUT2D eigenvalue weighted by atomic mass is 35.5. The molecule has 0 bridgehead atoms. The van der Waals surface area contributed by atoms with Crippen molar-refractivity contribution >= 4 is 40.4 Å². The molecule has 21 heavy (non-hydrogen) atoms. The highest BCUT2D eigenvalue weighted by Gasteiger charge is 2.09. The van der Waals surface area contributed by atoms with Crippen LogP contribution >= 0.6 is 23.8 Å². The topological polar surface area (TPSA) is 55.1 Å². The summed E-state index contributed by atoms with van der Waals surface area (Å²) in [7, 11) is 0. The van der Waals surface area contributed by atoms with E-state index in [4.69, 9.17) is 29.6 Å². The van der Waals surface area contributed by atoms with Crippen molar-refractivity contribution in [1.29, 1.82) is 0 Å². The maximum Gasteiger partial charge on any atom is 0.255 e. The van der Waals surface area contributed by atoms with Crippen LogP contribution in [0.3, 0.4) is 0 Å². The van der Waals surface area contributed by atoms with Gasteiger partial charge in [0.2, 0.25) is 0 Å². The van der Waals surface area contributed by atoms with Gasteiger partial charge in [-0.15, -0.1) is 0 Å². The number of nitrogens with two attached hydrogens (primary N) is 1. The molecule has 0 aliphatic carbocycles. The van der Waals surface area contributed by atoms with E-state index in [1.807, 2.05) is 31.2 Å². The largest absolute Gasteiger partial charge is 0.393 e. The molecule has 3 N–H and O–H groups in total. The van der Waals surface area contributed by atoms with Gasteiger partial charge in [0, 0.05) is 22.7 Å². The lowest BCUT2D eigenvalue weighted by Crippen LogP contribution is -2.14. The van der Waals surface area contributed by atoms with E-state index in [1.54, 1.807) is 18.2 Å². The molecule has 3 nitrogen and oxygen atoms in total. The number of anilines is 1. The molecular weight excluding hydrogens is 304 g/mol. The summed E-state index contributed by atoms with van der Waals surface area (Å²) in [5, 5.41) is 3.47. The molecule has 0 aromatic heterocycles. The fourth-order valence-electron chi connectivity index (χ4n) is 1.99. The van der Waals surface area contributed by atoms with Gasteiger partial charge in [0.25, 0.3) is 5.91 Å². The molecule has 0 saturated heterocycles. The second-order valence-electron chi connectivity index (χ2n) is 4.75. The Morgan fingerprint density at radius 2 is 1.90 bits per heavy atom. The van der Waals surface area contributed by atoms with Crippen LogP contribution < -0.4 is 11.1 Å². The van der Waals surface area contributed by atoms with Crippen LogP contribution in [-0.2, 0) is 6.42 Å². The maximum atomic E-state index is 12.2. The van der Waals surface area contributed by atoms with E-state index in [2.05, 4.69) is 5.32 Å². The number of rotatable bonds is 4. The molecule has 2 aromatic carbocycles. The fourth-order valence-corrected chi connectivity index (χ4v) is 2.38. The first-order valence-corrected chi connectivity index (χ1v) is 7.19. The van der Waals surface area contributed by atoms with Gasteiger partial charge in [-0.2, -0.15) is 0 Å². The Hall–Kier alpha value is -1.91. The number of carbonyl (C=O) groups excluding carboxylic acids is 1. The van der Waals surface area contributed by atoms with Crippen LogP contribution in [0.15, 0.2) is 42.5 Å². The quantitative estimate of drug-likeness (QED) is 0.845. The molecule has 0 saturated carbocycles. The van der Waals surface area contributed by atoms with Crippen molar-refractivity contribution in [3.8, 4) is 0 Å². The van der Waals surface area contributed by atoms with Gasteiger partial charge in [-0.05, 0) is 48.4 Å². The van der Waals surface area contributed by atoms with Gasteiger partial charge in [0.15, 0.2) is 0 Å². The Kier molecular flexibility index (Phi) is 4.94. The first kappa shape index (κ1) is 15.5. The minimum absolute atomic E-state index is 0.161. The third-order valence-corrected chi connectivity index (χ3v) is 3.40. The number of aryl methyl sites for hydroxylation is 1. The number of amides is 1. The first-order chi connectivity index (χ1) is 9.95. The van der Waals surface area contributed by atoms with Crippen molar-refractivity contribution in [3.63, 3.8) is 0 Å². The molecule has 0 heterocycles. The van der Waals surface area contributed by atoms with Gasteiger partial charge in [-0.25, -0.2) is 0 Å². The molecule has 0 fully saturated rings. The lowest BCUT2D eigenvalue weighted by molar-refractivity contribution is 0.102. The van der Waals surface area contributed by atoms with Crippen LogP contribution in [0.1, 0.15) is 21.5 Å². The summed E-state index contributed by atoms with van der Waals surface area (Å²) in [6, 6.07) is 12.6. The zero-order valence-electron chi connectivity index (χ0n) is 11.5. The molecule has 1 amide bonds. The molecule has 0 spiro atoms. The predicted octanol–water partition coefficient (Wildman–Crippen LogP) is 3.73. The van der Waals surface area contributed by atoms with Crippen LogP contribution in [0.4, 0.5) is 5.69 Å². The predicted molar refractivity (Wildman–Crippen MR) is 91.1 cm³/mol. The van der Waals surface area contributed by atoms with Gasteiger partial charge in [-0.1, -0.05) is 36.0 Å². The smallest absolute Gasteiger partial charge is 0.255 e. The van der Waals surface area contributed by atoms with Crippen LogP contribution in [-0.4, -0.2) is 10.9 Å². The molecule has 5 heteroatoms. The van der Waals surface area contributed by atoms with Crippen LogP contribution in [0.5, 0.6) is 0 Å². The fraction of sp³-hybridized carbons (Fsp3) is 0.125. The van der Waals surface area contributed by atoms with E-state index in [-0.39, 0.29) is 5.91 Å². The Labute approximate surface area is 134 Å².